The fraction of sp³-hybridized carbons (Fsp3) is 0.923. The molecule has 1 aliphatic carbocycles. The summed E-state index contributed by atoms with van der Waals surface area (Å²) in [5.74, 6) is 0.0451. The first-order chi connectivity index (χ1) is 8.18. The largest absolute Gasteiger partial charge is 0.364 e. The van der Waals surface area contributed by atoms with Gasteiger partial charge >= 0.3 is 0 Å². The number of hydrogen-bond donors (Lipinski definition) is 2. The van der Waals surface area contributed by atoms with Crippen molar-refractivity contribution in [3.8, 4) is 0 Å². The number of rotatable bonds is 4. The highest BCUT2D eigenvalue weighted by Crippen LogP contribution is 2.20. The minimum atomic E-state index is -0.161. The summed E-state index contributed by atoms with van der Waals surface area (Å²) in [5.41, 5.74) is -0.161. The Labute approximate surface area is 103 Å². The lowest BCUT2D eigenvalue weighted by atomic mass is 9.96. The van der Waals surface area contributed by atoms with Crippen LogP contribution in [0.4, 0.5) is 0 Å². The van der Waals surface area contributed by atoms with Crippen LogP contribution in [0, 0.1) is 0 Å². The van der Waals surface area contributed by atoms with E-state index in [4.69, 9.17) is 4.74 Å². The Morgan fingerprint density at radius 2 is 2.18 bits per heavy atom. The number of nitrogens with one attached hydrogen (secondary N) is 2. The van der Waals surface area contributed by atoms with Gasteiger partial charge in [-0.3, -0.25) is 4.79 Å². The third-order valence-electron chi connectivity index (χ3n) is 3.83. The van der Waals surface area contributed by atoms with E-state index < -0.39 is 0 Å². The molecule has 1 saturated heterocycles. The topological polar surface area (TPSA) is 50.4 Å². The zero-order chi connectivity index (χ0) is 12.1. The van der Waals surface area contributed by atoms with Gasteiger partial charge in [0.25, 0.3) is 0 Å². The second-order valence-electron chi connectivity index (χ2n) is 5.57. The van der Waals surface area contributed by atoms with E-state index in [0.717, 1.165) is 38.8 Å². The van der Waals surface area contributed by atoms with Gasteiger partial charge in [-0.05, 0) is 39.2 Å². The van der Waals surface area contributed by atoms with Crippen molar-refractivity contribution in [3.63, 3.8) is 0 Å². The molecule has 2 N–H and O–H groups in total. The van der Waals surface area contributed by atoms with Crippen LogP contribution in [0.1, 0.15) is 45.4 Å². The molecule has 98 valence electrons. The molecule has 17 heavy (non-hydrogen) atoms. The molecule has 4 heteroatoms. The Kier molecular flexibility index (Phi) is 4.40. The molecule has 0 radical (unpaired) electrons. The maximum Gasteiger partial charge on any atom is 0.246 e. The Morgan fingerprint density at radius 3 is 2.82 bits per heavy atom. The summed E-state index contributed by atoms with van der Waals surface area (Å²) in [4.78, 5) is 11.7. The second kappa shape index (κ2) is 5.83. The molecule has 1 unspecified atom stereocenters. The minimum Gasteiger partial charge on any atom is -0.364 e. The van der Waals surface area contributed by atoms with Gasteiger partial charge in [-0.2, -0.15) is 0 Å². The summed E-state index contributed by atoms with van der Waals surface area (Å²) < 4.78 is 5.77. The molecule has 1 saturated carbocycles. The lowest BCUT2D eigenvalue weighted by Gasteiger charge is -2.34. The normalized spacial score (nSPS) is 30.4. The van der Waals surface area contributed by atoms with Crippen LogP contribution in [0.5, 0.6) is 0 Å². The van der Waals surface area contributed by atoms with Crippen molar-refractivity contribution >= 4 is 5.91 Å². The van der Waals surface area contributed by atoms with E-state index >= 15 is 0 Å². The number of carbonyl (C=O) groups is 1. The van der Waals surface area contributed by atoms with Crippen molar-refractivity contribution in [3.05, 3.63) is 0 Å². The van der Waals surface area contributed by atoms with E-state index in [9.17, 15) is 4.79 Å². The lowest BCUT2D eigenvalue weighted by Crippen LogP contribution is -2.47. The highest BCUT2D eigenvalue weighted by molar-refractivity contribution is 5.77. The van der Waals surface area contributed by atoms with E-state index in [1.165, 1.54) is 12.8 Å². The summed E-state index contributed by atoms with van der Waals surface area (Å²) in [6.45, 7) is 4.20. The number of ether oxygens (including phenoxy) is 1. The molecule has 0 aromatic heterocycles. The highest BCUT2D eigenvalue weighted by atomic mass is 16.5. The van der Waals surface area contributed by atoms with Crippen molar-refractivity contribution in [2.75, 3.05) is 19.7 Å². The molecule has 4 nitrogen and oxygen atoms in total. The van der Waals surface area contributed by atoms with Crippen molar-refractivity contribution in [1.82, 2.24) is 10.6 Å². The zero-order valence-corrected chi connectivity index (χ0v) is 10.8. The molecule has 2 rings (SSSR count). The first-order valence-corrected chi connectivity index (χ1v) is 6.82. The zero-order valence-electron chi connectivity index (χ0n) is 10.8. The molecular formula is C13H24N2O2. The SMILES string of the molecule is CC1(OCC(=O)NC2CCCC2)CCCNC1. The summed E-state index contributed by atoms with van der Waals surface area (Å²) in [6.07, 6.45) is 6.91. The van der Waals surface area contributed by atoms with Crippen LogP contribution in [0.25, 0.3) is 0 Å². The molecule has 0 aromatic carbocycles. The van der Waals surface area contributed by atoms with Gasteiger partial charge in [0.15, 0.2) is 0 Å². The van der Waals surface area contributed by atoms with Gasteiger partial charge in [0.2, 0.25) is 5.91 Å². The summed E-state index contributed by atoms with van der Waals surface area (Å²) in [5, 5.41) is 6.37. The van der Waals surface area contributed by atoms with Crippen molar-refractivity contribution in [1.29, 1.82) is 0 Å². The number of amides is 1. The highest BCUT2D eigenvalue weighted by Gasteiger charge is 2.28. The maximum atomic E-state index is 11.7. The van der Waals surface area contributed by atoms with Gasteiger partial charge in [0.1, 0.15) is 6.61 Å². The van der Waals surface area contributed by atoms with Crippen LogP contribution >= 0.6 is 0 Å². The fourth-order valence-corrected chi connectivity index (χ4v) is 2.73. The van der Waals surface area contributed by atoms with Crippen LogP contribution in [0.3, 0.4) is 0 Å². The molecule has 0 aromatic rings. The molecule has 0 bridgehead atoms. The van der Waals surface area contributed by atoms with E-state index in [1.807, 2.05) is 0 Å². The molecule has 1 heterocycles. The predicted octanol–water partition coefficient (Wildman–Crippen LogP) is 1.20. The third-order valence-corrected chi connectivity index (χ3v) is 3.83. The van der Waals surface area contributed by atoms with Crippen molar-refractivity contribution in [2.24, 2.45) is 0 Å². The molecule has 1 atom stereocenters. The fourth-order valence-electron chi connectivity index (χ4n) is 2.73. The van der Waals surface area contributed by atoms with E-state index in [1.54, 1.807) is 0 Å². The molecule has 0 spiro atoms. The first kappa shape index (κ1) is 12.8. The van der Waals surface area contributed by atoms with Gasteiger partial charge in [-0.25, -0.2) is 0 Å². The third kappa shape index (κ3) is 3.96. The second-order valence-corrected chi connectivity index (χ2v) is 5.57. The Balaban J connectivity index is 1.67. The van der Waals surface area contributed by atoms with Crippen LogP contribution < -0.4 is 10.6 Å². The van der Waals surface area contributed by atoms with Gasteiger partial charge in [0.05, 0.1) is 5.60 Å². The maximum absolute atomic E-state index is 11.7. The smallest absolute Gasteiger partial charge is 0.246 e. The Morgan fingerprint density at radius 1 is 1.41 bits per heavy atom. The molecule has 1 amide bonds. The molecule has 2 aliphatic rings. The summed E-state index contributed by atoms with van der Waals surface area (Å²) in [6, 6.07) is 0.392. The van der Waals surface area contributed by atoms with Crippen LogP contribution in [0.2, 0.25) is 0 Å². The minimum absolute atomic E-state index is 0.0451. The monoisotopic (exact) mass is 240 g/mol. The van der Waals surface area contributed by atoms with Gasteiger partial charge in [0, 0.05) is 12.6 Å². The van der Waals surface area contributed by atoms with E-state index in [2.05, 4.69) is 17.6 Å². The van der Waals surface area contributed by atoms with Crippen LogP contribution in [0.15, 0.2) is 0 Å². The van der Waals surface area contributed by atoms with E-state index in [0.29, 0.717) is 6.04 Å². The Hall–Kier alpha value is -0.610. The van der Waals surface area contributed by atoms with Crippen molar-refractivity contribution in [2.45, 2.75) is 57.1 Å². The summed E-state index contributed by atoms with van der Waals surface area (Å²) >= 11 is 0. The quantitative estimate of drug-likeness (QED) is 0.776. The average Bonchev–Trinajstić information content (AvgIpc) is 2.80. The van der Waals surface area contributed by atoms with Gasteiger partial charge in [-0.1, -0.05) is 12.8 Å². The number of piperidine rings is 1. The molecule has 2 fully saturated rings. The first-order valence-electron chi connectivity index (χ1n) is 6.82. The van der Waals surface area contributed by atoms with Crippen molar-refractivity contribution < 1.29 is 9.53 Å². The summed E-state index contributed by atoms with van der Waals surface area (Å²) in [7, 11) is 0. The lowest BCUT2D eigenvalue weighted by molar-refractivity contribution is -0.134. The Bertz CT molecular complexity index is 256. The average molecular weight is 240 g/mol. The number of hydrogen-bond acceptors (Lipinski definition) is 3. The van der Waals surface area contributed by atoms with Gasteiger partial charge < -0.3 is 15.4 Å². The van der Waals surface area contributed by atoms with Gasteiger partial charge in [-0.15, -0.1) is 0 Å². The molecular weight excluding hydrogens is 216 g/mol. The van der Waals surface area contributed by atoms with Crippen LogP contribution in [-0.2, 0) is 9.53 Å². The molecule has 1 aliphatic heterocycles. The van der Waals surface area contributed by atoms with E-state index in [-0.39, 0.29) is 18.1 Å². The standard InChI is InChI=1S/C13H24N2O2/c1-13(7-4-8-14-10-13)17-9-12(16)15-11-5-2-3-6-11/h11,14H,2-10H2,1H3,(H,15,16). The van der Waals surface area contributed by atoms with Crippen LogP contribution in [-0.4, -0.2) is 37.2 Å². The predicted molar refractivity (Wildman–Crippen MR) is 66.9 cm³/mol. The number of carbonyl (C=O) groups excluding carboxylic acids is 1.